The lowest BCUT2D eigenvalue weighted by atomic mass is 10.1. The maximum absolute atomic E-state index is 12.1. The van der Waals surface area contributed by atoms with E-state index in [4.69, 9.17) is 11.6 Å². The maximum Gasteiger partial charge on any atom is 0.240 e. The van der Waals surface area contributed by atoms with Crippen molar-refractivity contribution in [2.45, 2.75) is 55.9 Å². The van der Waals surface area contributed by atoms with Crippen molar-refractivity contribution in [2.75, 3.05) is 6.54 Å². The lowest BCUT2D eigenvalue weighted by Crippen LogP contribution is -2.36. The number of amides is 1. The quantitative estimate of drug-likeness (QED) is 0.768. The summed E-state index contributed by atoms with van der Waals surface area (Å²) in [6.07, 6.45) is 6.91. The molecule has 1 aliphatic carbocycles. The topological polar surface area (TPSA) is 75.3 Å². The van der Waals surface area contributed by atoms with Crippen LogP contribution in [0, 0.1) is 0 Å². The molecule has 0 unspecified atom stereocenters. The molecule has 1 aromatic carbocycles. The van der Waals surface area contributed by atoms with Crippen LogP contribution >= 0.6 is 11.6 Å². The van der Waals surface area contributed by atoms with Crippen molar-refractivity contribution in [1.29, 1.82) is 0 Å². The number of rotatable bonds is 6. The summed E-state index contributed by atoms with van der Waals surface area (Å²) in [5.74, 6) is -0.106. The van der Waals surface area contributed by atoms with Gasteiger partial charge in [-0.3, -0.25) is 4.79 Å². The van der Waals surface area contributed by atoms with Crippen molar-refractivity contribution < 1.29 is 13.2 Å². The molecule has 1 aliphatic rings. The summed E-state index contributed by atoms with van der Waals surface area (Å²) in [4.78, 5) is 12.0. The SMILES string of the molecule is O=C(CCNS(=O)(=O)c1cccc(Cl)c1)NC1CCCCCC1. The molecule has 2 rings (SSSR count). The number of sulfonamides is 1. The first-order valence-electron chi connectivity index (χ1n) is 8.02. The minimum Gasteiger partial charge on any atom is -0.353 e. The minimum absolute atomic E-state index is 0.0768. The minimum atomic E-state index is -3.63. The van der Waals surface area contributed by atoms with Crippen LogP contribution in [0.1, 0.15) is 44.9 Å². The first-order valence-corrected chi connectivity index (χ1v) is 9.88. The number of nitrogens with one attached hydrogen (secondary N) is 2. The Kier molecular flexibility index (Phi) is 6.87. The van der Waals surface area contributed by atoms with E-state index in [0.717, 1.165) is 25.7 Å². The van der Waals surface area contributed by atoms with E-state index >= 15 is 0 Å². The molecule has 128 valence electrons. The van der Waals surface area contributed by atoms with E-state index in [1.54, 1.807) is 12.1 Å². The van der Waals surface area contributed by atoms with Crippen LogP contribution in [0.25, 0.3) is 0 Å². The van der Waals surface area contributed by atoms with Crippen LogP contribution in [0.4, 0.5) is 0 Å². The van der Waals surface area contributed by atoms with E-state index in [0.29, 0.717) is 5.02 Å². The molecule has 0 saturated heterocycles. The van der Waals surface area contributed by atoms with Crippen LogP contribution in [0.2, 0.25) is 5.02 Å². The Labute approximate surface area is 142 Å². The molecule has 5 nitrogen and oxygen atoms in total. The highest BCUT2D eigenvalue weighted by molar-refractivity contribution is 7.89. The smallest absolute Gasteiger partial charge is 0.240 e. The summed E-state index contributed by atoms with van der Waals surface area (Å²) in [5, 5.41) is 3.36. The second kappa shape index (κ2) is 8.66. The lowest BCUT2D eigenvalue weighted by Gasteiger charge is -2.16. The molecule has 0 spiro atoms. The molecule has 0 aromatic heterocycles. The molecule has 1 amide bonds. The van der Waals surface area contributed by atoms with Crippen molar-refractivity contribution in [3.63, 3.8) is 0 Å². The van der Waals surface area contributed by atoms with E-state index in [1.807, 2.05) is 0 Å². The average Bonchev–Trinajstić information content (AvgIpc) is 2.75. The third-order valence-corrected chi connectivity index (χ3v) is 5.66. The highest BCUT2D eigenvalue weighted by atomic mass is 35.5. The van der Waals surface area contributed by atoms with Crippen molar-refractivity contribution >= 4 is 27.5 Å². The van der Waals surface area contributed by atoms with Crippen LogP contribution in [0.3, 0.4) is 0 Å². The van der Waals surface area contributed by atoms with Gasteiger partial charge in [0.2, 0.25) is 15.9 Å². The molecule has 1 fully saturated rings. The molecule has 1 saturated carbocycles. The van der Waals surface area contributed by atoms with Gasteiger partial charge in [0.25, 0.3) is 0 Å². The van der Waals surface area contributed by atoms with Gasteiger partial charge in [0.05, 0.1) is 4.90 Å². The summed E-state index contributed by atoms with van der Waals surface area (Å²) in [5.41, 5.74) is 0. The Bertz CT molecular complexity index is 626. The van der Waals surface area contributed by atoms with E-state index in [9.17, 15) is 13.2 Å². The average molecular weight is 359 g/mol. The third kappa shape index (κ3) is 6.12. The molecule has 2 N–H and O–H groups in total. The zero-order valence-electron chi connectivity index (χ0n) is 13.1. The molecular weight excluding hydrogens is 336 g/mol. The van der Waals surface area contributed by atoms with E-state index in [2.05, 4.69) is 10.0 Å². The second-order valence-corrected chi connectivity index (χ2v) is 8.06. The molecule has 0 atom stereocenters. The monoisotopic (exact) mass is 358 g/mol. The number of benzene rings is 1. The number of hydrogen-bond acceptors (Lipinski definition) is 3. The van der Waals surface area contributed by atoms with Gasteiger partial charge in [0, 0.05) is 24.0 Å². The Morgan fingerprint density at radius 2 is 1.87 bits per heavy atom. The summed E-state index contributed by atoms with van der Waals surface area (Å²) in [6, 6.07) is 6.28. The molecule has 0 aliphatic heterocycles. The fourth-order valence-electron chi connectivity index (χ4n) is 2.74. The standard InChI is InChI=1S/C16H23ClN2O3S/c17-13-6-5-9-15(12-13)23(21,22)18-11-10-16(20)19-14-7-3-1-2-4-8-14/h5-6,9,12,14,18H,1-4,7-8,10-11H2,(H,19,20). The molecular formula is C16H23ClN2O3S. The summed E-state index contributed by atoms with van der Waals surface area (Å²) >= 11 is 5.80. The first kappa shape index (κ1) is 18.2. The first-order chi connectivity index (χ1) is 11.0. The fourth-order valence-corrected chi connectivity index (χ4v) is 4.07. The second-order valence-electron chi connectivity index (χ2n) is 5.86. The van der Waals surface area contributed by atoms with Gasteiger partial charge >= 0.3 is 0 Å². The van der Waals surface area contributed by atoms with E-state index in [1.165, 1.54) is 25.0 Å². The van der Waals surface area contributed by atoms with E-state index < -0.39 is 10.0 Å². The Hall–Kier alpha value is -1.11. The third-order valence-electron chi connectivity index (χ3n) is 3.97. The summed E-state index contributed by atoms with van der Waals surface area (Å²) in [7, 11) is -3.63. The van der Waals surface area contributed by atoms with Crippen LogP contribution < -0.4 is 10.0 Å². The molecule has 23 heavy (non-hydrogen) atoms. The van der Waals surface area contributed by atoms with Gasteiger partial charge < -0.3 is 5.32 Å². The molecule has 7 heteroatoms. The fraction of sp³-hybridized carbons (Fsp3) is 0.562. The zero-order valence-corrected chi connectivity index (χ0v) is 14.6. The summed E-state index contributed by atoms with van der Waals surface area (Å²) in [6.45, 7) is 0.0768. The van der Waals surface area contributed by atoms with Crippen LogP contribution in [0.15, 0.2) is 29.2 Å². The van der Waals surface area contributed by atoms with Gasteiger partial charge in [0.1, 0.15) is 0 Å². The number of carbonyl (C=O) groups is 1. The van der Waals surface area contributed by atoms with E-state index in [-0.39, 0.29) is 29.8 Å². The zero-order chi connectivity index (χ0) is 16.7. The van der Waals surface area contributed by atoms with Gasteiger partial charge in [0.15, 0.2) is 0 Å². The van der Waals surface area contributed by atoms with Crippen LogP contribution in [0.5, 0.6) is 0 Å². The van der Waals surface area contributed by atoms with Gasteiger partial charge in [-0.1, -0.05) is 43.4 Å². The van der Waals surface area contributed by atoms with Gasteiger partial charge in [-0.15, -0.1) is 0 Å². The van der Waals surface area contributed by atoms with Crippen molar-refractivity contribution in [1.82, 2.24) is 10.0 Å². The van der Waals surface area contributed by atoms with Gasteiger partial charge in [-0.25, -0.2) is 13.1 Å². The number of halogens is 1. The Morgan fingerprint density at radius 3 is 2.52 bits per heavy atom. The normalized spacial score (nSPS) is 16.7. The van der Waals surface area contributed by atoms with Crippen LogP contribution in [-0.4, -0.2) is 26.9 Å². The predicted molar refractivity (Wildman–Crippen MR) is 90.9 cm³/mol. The lowest BCUT2D eigenvalue weighted by molar-refractivity contribution is -0.121. The largest absolute Gasteiger partial charge is 0.353 e. The molecule has 1 aromatic rings. The molecule has 0 radical (unpaired) electrons. The number of carbonyl (C=O) groups excluding carboxylic acids is 1. The van der Waals surface area contributed by atoms with Crippen molar-refractivity contribution in [3.8, 4) is 0 Å². The summed E-state index contributed by atoms with van der Waals surface area (Å²) < 4.78 is 26.6. The molecule has 0 bridgehead atoms. The van der Waals surface area contributed by atoms with Crippen molar-refractivity contribution in [2.24, 2.45) is 0 Å². The Balaban J connectivity index is 1.78. The highest BCUT2D eigenvalue weighted by Crippen LogP contribution is 2.17. The van der Waals surface area contributed by atoms with Crippen LogP contribution in [-0.2, 0) is 14.8 Å². The number of hydrogen-bond donors (Lipinski definition) is 2. The maximum atomic E-state index is 12.1. The van der Waals surface area contributed by atoms with Gasteiger partial charge in [-0.05, 0) is 31.0 Å². The highest BCUT2D eigenvalue weighted by Gasteiger charge is 2.17. The Morgan fingerprint density at radius 1 is 1.17 bits per heavy atom. The van der Waals surface area contributed by atoms with Crippen molar-refractivity contribution in [3.05, 3.63) is 29.3 Å². The predicted octanol–water partition coefficient (Wildman–Crippen LogP) is 2.85. The molecule has 0 heterocycles. The van der Waals surface area contributed by atoms with Gasteiger partial charge in [-0.2, -0.15) is 0 Å².